The average Bonchev–Trinajstić information content (AvgIpc) is 3.50. The maximum absolute atomic E-state index is 12.7. The highest BCUT2D eigenvalue weighted by atomic mass is 32.2. The van der Waals surface area contributed by atoms with Crippen LogP contribution in [0.3, 0.4) is 0 Å². The molecule has 7 nitrogen and oxygen atoms in total. The summed E-state index contributed by atoms with van der Waals surface area (Å²) in [5.41, 5.74) is 2.62. The summed E-state index contributed by atoms with van der Waals surface area (Å²) in [6, 6.07) is 18.5. The van der Waals surface area contributed by atoms with Crippen LogP contribution in [0.25, 0.3) is 21.0 Å². The number of carbonyl (C=O) groups is 1. The lowest BCUT2D eigenvalue weighted by Crippen LogP contribution is -2.36. The summed E-state index contributed by atoms with van der Waals surface area (Å²) in [5.74, 6) is -0.00592. The Morgan fingerprint density at radius 1 is 1.10 bits per heavy atom. The molecule has 0 aliphatic carbocycles. The topological polar surface area (TPSA) is 92.5 Å². The number of rotatable bonds is 6. The Kier molecular flexibility index (Phi) is 4.99. The van der Waals surface area contributed by atoms with Crippen molar-refractivity contribution in [2.75, 3.05) is 23.1 Å². The zero-order chi connectivity index (χ0) is 21.4. The van der Waals surface area contributed by atoms with E-state index in [1.165, 1.54) is 15.6 Å². The number of fused-ring (bicyclic) bond motifs is 2. The third kappa shape index (κ3) is 3.82. The van der Waals surface area contributed by atoms with Crippen LogP contribution in [0.15, 0.2) is 65.1 Å². The molecule has 0 unspecified atom stereocenters. The van der Waals surface area contributed by atoms with E-state index in [-0.39, 0.29) is 18.1 Å². The van der Waals surface area contributed by atoms with Crippen molar-refractivity contribution in [2.45, 2.75) is 6.42 Å². The Bertz CT molecular complexity index is 1340. The van der Waals surface area contributed by atoms with Crippen molar-refractivity contribution in [1.82, 2.24) is 10.3 Å². The minimum Gasteiger partial charge on any atom is -0.448 e. The molecule has 31 heavy (non-hydrogen) atoms. The first-order chi connectivity index (χ1) is 15.0. The van der Waals surface area contributed by atoms with Gasteiger partial charge in [0.2, 0.25) is 10.0 Å². The Morgan fingerprint density at radius 3 is 2.77 bits per heavy atom. The first kappa shape index (κ1) is 19.8. The van der Waals surface area contributed by atoms with Crippen molar-refractivity contribution in [3.8, 4) is 10.8 Å². The van der Waals surface area contributed by atoms with Crippen molar-refractivity contribution in [1.29, 1.82) is 0 Å². The lowest BCUT2D eigenvalue weighted by atomic mass is 10.2. The van der Waals surface area contributed by atoms with Crippen LogP contribution in [0.5, 0.6) is 0 Å². The maximum Gasteiger partial charge on any atom is 0.287 e. The predicted molar refractivity (Wildman–Crippen MR) is 121 cm³/mol. The molecule has 0 radical (unpaired) electrons. The number of furan rings is 1. The first-order valence-corrected chi connectivity index (χ1v) is 12.3. The number of thiazole rings is 1. The Labute approximate surface area is 183 Å². The number of amides is 1. The van der Waals surface area contributed by atoms with Crippen molar-refractivity contribution in [3.05, 3.63) is 72.0 Å². The smallest absolute Gasteiger partial charge is 0.287 e. The normalized spacial score (nSPS) is 13.5. The highest BCUT2D eigenvalue weighted by molar-refractivity contribution is 7.92. The average molecular weight is 454 g/mol. The molecule has 1 aliphatic rings. The largest absolute Gasteiger partial charge is 0.448 e. The van der Waals surface area contributed by atoms with Crippen molar-refractivity contribution >= 4 is 43.2 Å². The molecule has 0 fully saturated rings. The van der Waals surface area contributed by atoms with Gasteiger partial charge in [0.05, 0.1) is 21.7 Å². The fourth-order valence-electron chi connectivity index (χ4n) is 3.64. The van der Waals surface area contributed by atoms with E-state index in [4.69, 9.17) is 4.42 Å². The summed E-state index contributed by atoms with van der Waals surface area (Å²) in [5, 5.41) is 3.33. The molecule has 1 amide bonds. The van der Waals surface area contributed by atoms with Crippen LogP contribution in [-0.2, 0) is 16.4 Å². The van der Waals surface area contributed by atoms with Gasteiger partial charge in [0.25, 0.3) is 5.91 Å². The molecule has 4 aromatic rings. The van der Waals surface area contributed by atoms with Gasteiger partial charge in [-0.3, -0.25) is 9.10 Å². The second kappa shape index (κ2) is 7.82. The second-order valence-corrected chi connectivity index (χ2v) is 10.2. The van der Waals surface area contributed by atoms with E-state index < -0.39 is 15.9 Å². The number of benzene rings is 2. The van der Waals surface area contributed by atoms with Gasteiger partial charge in [-0.1, -0.05) is 30.3 Å². The Hall–Kier alpha value is -3.17. The van der Waals surface area contributed by atoms with Crippen LogP contribution in [0.2, 0.25) is 0 Å². The molecule has 0 atom stereocenters. The van der Waals surface area contributed by atoms with Crippen molar-refractivity contribution in [3.63, 3.8) is 0 Å². The maximum atomic E-state index is 12.7. The van der Waals surface area contributed by atoms with Crippen LogP contribution in [0, 0.1) is 0 Å². The SMILES string of the molecule is O=C(NCCS(=O)(=O)N1CCc2ccccc21)c1ccc(-c2nc3ccccc3s2)o1. The first-order valence-electron chi connectivity index (χ1n) is 9.83. The molecule has 9 heteroatoms. The number of sulfonamides is 1. The number of anilines is 1. The van der Waals surface area contributed by atoms with E-state index in [9.17, 15) is 13.2 Å². The molecule has 2 aromatic carbocycles. The van der Waals surface area contributed by atoms with E-state index in [0.717, 1.165) is 21.5 Å². The molecule has 5 rings (SSSR count). The van der Waals surface area contributed by atoms with E-state index in [2.05, 4.69) is 10.3 Å². The summed E-state index contributed by atoms with van der Waals surface area (Å²) >= 11 is 1.48. The third-order valence-corrected chi connectivity index (χ3v) is 7.98. The van der Waals surface area contributed by atoms with Gasteiger partial charge in [-0.05, 0) is 42.3 Å². The summed E-state index contributed by atoms with van der Waals surface area (Å²) in [6.07, 6.45) is 0.697. The van der Waals surface area contributed by atoms with E-state index in [1.54, 1.807) is 12.1 Å². The van der Waals surface area contributed by atoms with Crippen molar-refractivity contribution < 1.29 is 17.6 Å². The molecule has 0 saturated heterocycles. The second-order valence-electron chi connectivity index (χ2n) is 7.17. The molecule has 1 aliphatic heterocycles. The molecular weight excluding hydrogens is 434 g/mol. The number of aromatic nitrogens is 1. The zero-order valence-corrected chi connectivity index (χ0v) is 18.1. The van der Waals surface area contributed by atoms with Crippen LogP contribution in [0.4, 0.5) is 5.69 Å². The minimum atomic E-state index is -3.52. The van der Waals surface area contributed by atoms with Crippen LogP contribution in [-0.4, -0.2) is 38.2 Å². The molecule has 0 spiro atoms. The minimum absolute atomic E-state index is 0.00297. The number of para-hydroxylation sites is 2. The molecule has 1 N–H and O–H groups in total. The van der Waals surface area contributed by atoms with E-state index in [1.807, 2.05) is 48.5 Å². The summed E-state index contributed by atoms with van der Waals surface area (Å²) in [6.45, 7) is 0.427. The fourth-order valence-corrected chi connectivity index (χ4v) is 6.00. The quantitative estimate of drug-likeness (QED) is 0.481. The Balaban J connectivity index is 1.22. The molecule has 158 valence electrons. The zero-order valence-electron chi connectivity index (χ0n) is 16.4. The highest BCUT2D eigenvalue weighted by Crippen LogP contribution is 2.31. The van der Waals surface area contributed by atoms with Gasteiger partial charge in [0.1, 0.15) is 0 Å². The van der Waals surface area contributed by atoms with Crippen LogP contribution < -0.4 is 9.62 Å². The monoisotopic (exact) mass is 453 g/mol. The molecule has 3 heterocycles. The number of carbonyl (C=O) groups excluding carboxylic acids is 1. The van der Waals surface area contributed by atoms with E-state index >= 15 is 0 Å². The lowest BCUT2D eigenvalue weighted by molar-refractivity contribution is 0.0929. The van der Waals surface area contributed by atoms with Crippen molar-refractivity contribution in [2.24, 2.45) is 0 Å². The summed E-state index contributed by atoms with van der Waals surface area (Å²) in [7, 11) is -3.52. The Morgan fingerprint density at radius 2 is 1.90 bits per heavy atom. The highest BCUT2D eigenvalue weighted by Gasteiger charge is 2.28. The van der Waals surface area contributed by atoms with Gasteiger partial charge in [0, 0.05) is 13.1 Å². The van der Waals surface area contributed by atoms with Gasteiger partial charge in [0.15, 0.2) is 16.5 Å². The standard InChI is InChI=1S/C22H19N3O4S2/c26-21(18-9-10-19(29-18)22-24-16-6-2-4-8-20(16)30-22)23-12-14-31(27,28)25-13-11-15-5-1-3-7-17(15)25/h1-10H,11-14H2,(H,23,26). The van der Waals surface area contributed by atoms with Crippen LogP contribution >= 0.6 is 11.3 Å². The molecule has 0 saturated carbocycles. The summed E-state index contributed by atoms with van der Waals surface area (Å²) < 4.78 is 33.6. The van der Waals surface area contributed by atoms with Crippen LogP contribution in [0.1, 0.15) is 16.1 Å². The molecule has 2 aromatic heterocycles. The molecule has 0 bridgehead atoms. The fraction of sp³-hybridized carbons (Fsp3) is 0.182. The number of nitrogens with one attached hydrogen (secondary N) is 1. The van der Waals surface area contributed by atoms with Gasteiger partial charge >= 0.3 is 0 Å². The van der Waals surface area contributed by atoms with E-state index in [0.29, 0.717) is 23.7 Å². The third-order valence-electron chi connectivity index (χ3n) is 5.16. The predicted octanol–water partition coefficient (Wildman–Crippen LogP) is 3.68. The van der Waals surface area contributed by atoms with Gasteiger partial charge in [-0.25, -0.2) is 13.4 Å². The van der Waals surface area contributed by atoms with Gasteiger partial charge in [-0.2, -0.15) is 0 Å². The van der Waals surface area contributed by atoms with Gasteiger partial charge in [-0.15, -0.1) is 11.3 Å². The lowest BCUT2D eigenvalue weighted by Gasteiger charge is -2.19. The number of hydrogen-bond donors (Lipinski definition) is 1. The number of nitrogens with zero attached hydrogens (tertiary/aromatic N) is 2. The van der Waals surface area contributed by atoms with Gasteiger partial charge < -0.3 is 9.73 Å². The summed E-state index contributed by atoms with van der Waals surface area (Å²) in [4.78, 5) is 17.0. The molecular formula is C22H19N3O4S2. The number of hydrogen-bond acceptors (Lipinski definition) is 6.